The van der Waals surface area contributed by atoms with E-state index in [0.29, 0.717) is 11.4 Å². The first-order valence-corrected chi connectivity index (χ1v) is 6.47. The Bertz CT molecular complexity index is 727. The molecule has 6 nitrogen and oxygen atoms in total. The first-order chi connectivity index (χ1) is 10.1. The molecule has 4 N–H and O–H groups in total. The van der Waals surface area contributed by atoms with E-state index in [9.17, 15) is 9.59 Å². The Morgan fingerprint density at radius 2 is 2.19 bits per heavy atom. The number of carbonyl (C=O) groups is 1. The summed E-state index contributed by atoms with van der Waals surface area (Å²) < 4.78 is 5.33. The van der Waals surface area contributed by atoms with Crippen molar-refractivity contribution in [3.8, 4) is 5.75 Å². The zero-order valence-corrected chi connectivity index (χ0v) is 11.8. The van der Waals surface area contributed by atoms with Gasteiger partial charge >= 0.3 is 0 Å². The minimum atomic E-state index is -0.497. The van der Waals surface area contributed by atoms with Crippen molar-refractivity contribution in [2.24, 2.45) is 5.73 Å². The monoisotopic (exact) mass is 303 g/mol. The molecule has 1 amide bonds. The molecule has 108 valence electrons. The summed E-state index contributed by atoms with van der Waals surface area (Å²) in [4.78, 5) is 26.5. The van der Waals surface area contributed by atoms with Crippen molar-refractivity contribution in [1.29, 1.82) is 0 Å². The summed E-state index contributed by atoms with van der Waals surface area (Å²) >= 11 is 4.72. The smallest absolute Gasteiger partial charge is 0.261 e. The number of carbonyl (C=O) groups excluding carboxylic acids is 1. The largest absolute Gasteiger partial charge is 0.486 e. The second-order valence-electron chi connectivity index (χ2n) is 4.16. The van der Waals surface area contributed by atoms with Gasteiger partial charge in [0.25, 0.3) is 5.91 Å². The third-order valence-electron chi connectivity index (χ3n) is 2.54. The lowest BCUT2D eigenvalue weighted by Gasteiger charge is -2.08. The molecule has 2 aromatic rings. The SMILES string of the molecule is NC(=S)COc1cccc(NC(=O)c2c[nH]ccc2=O)c1. The molecule has 7 heteroatoms. The summed E-state index contributed by atoms with van der Waals surface area (Å²) in [5.74, 6) is 0.0194. The number of benzene rings is 1. The van der Waals surface area contributed by atoms with Crippen LogP contribution in [-0.4, -0.2) is 22.5 Å². The molecular formula is C14H13N3O3S. The van der Waals surface area contributed by atoms with Crippen LogP contribution in [0.25, 0.3) is 0 Å². The molecule has 0 fully saturated rings. The van der Waals surface area contributed by atoms with Crippen LogP contribution in [0.4, 0.5) is 5.69 Å². The van der Waals surface area contributed by atoms with Gasteiger partial charge in [0.15, 0.2) is 5.43 Å². The molecule has 0 saturated carbocycles. The van der Waals surface area contributed by atoms with E-state index in [2.05, 4.69) is 10.3 Å². The Balaban J connectivity index is 2.11. The number of amides is 1. The predicted octanol–water partition coefficient (Wildman–Crippen LogP) is 1.29. The molecule has 0 unspecified atom stereocenters. The van der Waals surface area contributed by atoms with Gasteiger partial charge in [0.1, 0.15) is 22.9 Å². The normalized spacial score (nSPS) is 9.90. The number of thiocarbonyl (C=S) groups is 1. The first kappa shape index (κ1) is 14.7. The van der Waals surface area contributed by atoms with Gasteiger partial charge in [0.05, 0.1) is 0 Å². The summed E-state index contributed by atoms with van der Waals surface area (Å²) in [6, 6.07) is 8.01. The number of nitrogens with one attached hydrogen (secondary N) is 2. The van der Waals surface area contributed by atoms with Gasteiger partial charge in [0, 0.05) is 30.2 Å². The van der Waals surface area contributed by atoms with E-state index >= 15 is 0 Å². The highest BCUT2D eigenvalue weighted by atomic mass is 32.1. The maximum absolute atomic E-state index is 12.0. The quantitative estimate of drug-likeness (QED) is 0.723. The Morgan fingerprint density at radius 1 is 1.38 bits per heavy atom. The van der Waals surface area contributed by atoms with Gasteiger partial charge < -0.3 is 20.8 Å². The van der Waals surface area contributed by atoms with E-state index in [1.165, 1.54) is 18.5 Å². The number of aromatic amines is 1. The first-order valence-electron chi connectivity index (χ1n) is 6.06. The van der Waals surface area contributed by atoms with Crippen molar-refractivity contribution in [1.82, 2.24) is 4.98 Å². The van der Waals surface area contributed by atoms with Crippen molar-refractivity contribution in [3.63, 3.8) is 0 Å². The van der Waals surface area contributed by atoms with E-state index in [0.717, 1.165) is 0 Å². The topological polar surface area (TPSA) is 97.2 Å². The van der Waals surface area contributed by atoms with Crippen LogP contribution in [-0.2, 0) is 0 Å². The fraction of sp³-hybridized carbons (Fsp3) is 0.0714. The molecule has 1 heterocycles. The molecule has 2 rings (SSSR count). The second kappa shape index (κ2) is 6.67. The van der Waals surface area contributed by atoms with E-state index in [1.54, 1.807) is 24.3 Å². The zero-order valence-electron chi connectivity index (χ0n) is 11.0. The second-order valence-corrected chi connectivity index (χ2v) is 4.68. The lowest BCUT2D eigenvalue weighted by Crippen LogP contribution is -2.21. The third-order valence-corrected chi connectivity index (χ3v) is 2.66. The number of hydrogen-bond donors (Lipinski definition) is 3. The Kier molecular flexibility index (Phi) is 4.68. The van der Waals surface area contributed by atoms with Crippen LogP contribution in [0.1, 0.15) is 10.4 Å². The molecule has 0 aliphatic carbocycles. The van der Waals surface area contributed by atoms with Crippen molar-refractivity contribution < 1.29 is 9.53 Å². The number of hydrogen-bond acceptors (Lipinski definition) is 4. The van der Waals surface area contributed by atoms with Crippen LogP contribution >= 0.6 is 12.2 Å². The summed E-state index contributed by atoms with van der Waals surface area (Å²) in [6.07, 6.45) is 2.81. The van der Waals surface area contributed by atoms with Crippen molar-refractivity contribution >= 4 is 28.8 Å². The van der Waals surface area contributed by atoms with Gasteiger partial charge in [-0.25, -0.2) is 0 Å². The molecular weight excluding hydrogens is 290 g/mol. The van der Waals surface area contributed by atoms with Gasteiger partial charge in [-0.1, -0.05) is 18.3 Å². The Morgan fingerprint density at radius 3 is 2.90 bits per heavy atom. The zero-order chi connectivity index (χ0) is 15.2. The van der Waals surface area contributed by atoms with Crippen LogP contribution < -0.4 is 21.2 Å². The van der Waals surface area contributed by atoms with E-state index in [1.807, 2.05) is 0 Å². The minimum Gasteiger partial charge on any atom is -0.486 e. The number of aromatic nitrogens is 1. The van der Waals surface area contributed by atoms with E-state index in [-0.39, 0.29) is 22.6 Å². The molecule has 1 aromatic heterocycles. The summed E-state index contributed by atoms with van der Waals surface area (Å²) in [6.45, 7) is 0.116. The minimum absolute atomic E-state index is 0.0342. The Labute approximate surface area is 125 Å². The number of nitrogens with two attached hydrogens (primary N) is 1. The molecule has 0 atom stereocenters. The van der Waals surface area contributed by atoms with Gasteiger partial charge in [-0.2, -0.15) is 0 Å². The lowest BCUT2D eigenvalue weighted by molar-refractivity contribution is 0.102. The number of H-pyrrole nitrogens is 1. The van der Waals surface area contributed by atoms with Crippen LogP contribution in [0.5, 0.6) is 5.75 Å². The van der Waals surface area contributed by atoms with Crippen LogP contribution in [0.2, 0.25) is 0 Å². The van der Waals surface area contributed by atoms with Crippen LogP contribution in [0.15, 0.2) is 47.5 Å². The van der Waals surface area contributed by atoms with Crippen LogP contribution in [0, 0.1) is 0 Å². The molecule has 0 radical (unpaired) electrons. The van der Waals surface area contributed by atoms with Crippen LogP contribution in [0.3, 0.4) is 0 Å². The summed E-state index contributed by atoms with van der Waals surface area (Å²) in [7, 11) is 0. The Hall–Kier alpha value is -2.67. The summed E-state index contributed by atoms with van der Waals surface area (Å²) in [5, 5.41) is 2.62. The average molecular weight is 303 g/mol. The van der Waals surface area contributed by atoms with Crippen molar-refractivity contribution in [3.05, 3.63) is 58.5 Å². The number of anilines is 1. The fourth-order valence-corrected chi connectivity index (χ4v) is 1.67. The maximum Gasteiger partial charge on any atom is 0.261 e. The number of ether oxygens (including phenoxy) is 1. The molecule has 0 aliphatic rings. The van der Waals surface area contributed by atoms with E-state index in [4.69, 9.17) is 22.7 Å². The van der Waals surface area contributed by atoms with Gasteiger partial charge in [0.2, 0.25) is 0 Å². The molecule has 0 spiro atoms. The number of pyridine rings is 1. The molecule has 0 saturated heterocycles. The maximum atomic E-state index is 12.0. The fourth-order valence-electron chi connectivity index (χ4n) is 1.61. The highest BCUT2D eigenvalue weighted by Crippen LogP contribution is 2.17. The van der Waals surface area contributed by atoms with Gasteiger partial charge in [-0.05, 0) is 12.1 Å². The number of rotatable bonds is 5. The van der Waals surface area contributed by atoms with Crippen molar-refractivity contribution in [2.75, 3.05) is 11.9 Å². The summed E-state index contributed by atoms with van der Waals surface area (Å²) in [5.41, 5.74) is 5.53. The highest BCUT2D eigenvalue weighted by Gasteiger charge is 2.10. The highest BCUT2D eigenvalue weighted by molar-refractivity contribution is 7.80. The molecule has 1 aromatic carbocycles. The van der Waals surface area contributed by atoms with Gasteiger partial charge in [-0.15, -0.1) is 0 Å². The molecule has 0 aliphatic heterocycles. The lowest BCUT2D eigenvalue weighted by atomic mass is 10.2. The van der Waals surface area contributed by atoms with Gasteiger partial charge in [-0.3, -0.25) is 9.59 Å². The standard InChI is InChI=1S/C14H13N3O3S/c15-13(21)8-20-10-3-1-2-9(6-10)17-14(19)11-7-16-5-4-12(11)18/h1-7H,8H2,(H2,15,21)(H,16,18)(H,17,19). The molecule has 0 bridgehead atoms. The average Bonchev–Trinajstić information content (AvgIpc) is 2.46. The molecule has 21 heavy (non-hydrogen) atoms. The predicted molar refractivity (Wildman–Crippen MR) is 83.7 cm³/mol. The van der Waals surface area contributed by atoms with E-state index < -0.39 is 5.91 Å². The third kappa shape index (κ3) is 4.15. The van der Waals surface area contributed by atoms with Crippen molar-refractivity contribution in [2.45, 2.75) is 0 Å².